The summed E-state index contributed by atoms with van der Waals surface area (Å²) in [6, 6.07) is 6.65. The molecule has 2 aromatic rings. The number of nitro groups is 1. The van der Waals surface area contributed by atoms with Crippen molar-refractivity contribution in [3.05, 3.63) is 46.3 Å². The van der Waals surface area contributed by atoms with Gasteiger partial charge in [0.1, 0.15) is 23.3 Å². The smallest absolute Gasteiger partial charge is 0.269 e. The Labute approximate surface area is 161 Å². The van der Waals surface area contributed by atoms with Crippen LogP contribution in [0.25, 0.3) is 0 Å². The minimum Gasteiger partial charge on any atom is -0.358 e. The second kappa shape index (κ2) is 7.69. The highest BCUT2D eigenvalue weighted by Crippen LogP contribution is 2.42. The molecule has 0 bridgehead atoms. The van der Waals surface area contributed by atoms with Crippen LogP contribution in [-0.4, -0.2) is 41.4 Å². The number of anilines is 2. The van der Waals surface area contributed by atoms with Crippen molar-refractivity contribution in [2.45, 2.75) is 36.3 Å². The summed E-state index contributed by atoms with van der Waals surface area (Å²) in [6.07, 6.45) is 4.99. The Balaban J connectivity index is 1.51. The van der Waals surface area contributed by atoms with Gasteiger partial charge in [0.15, 0.2) is 5.82 Å². The van der Waals surface area contributed by atoms with Crippen molar-refractivity contribution in [2.75, 3.05) is 30.1 Å². The van der Waals surface area contributed by atoms with Crippen molar-refractivity contribution in [1.82, 2.24) is 9.97 Å². The molecule has 1 unspecified atom stereocenters. The van der Waals surface area contributed by atoms with E-state index in [0.717, 1.165) is 48.2 Å². The quantitative estimate of drug-likeness (QED) is 0.334. The zero-order chi connectivity index (χ0) is 18.8. The van der Waals surface area contributed by atoms with Crippen LogP contribution < -0.4 is 9.80 Å². The van der Waals surface area contributed by atoms with Crippen molar-refractivity contribution in [3.63, 3.8) is 0 Å². The highest BCUT2D eigenvalue weighted by Gasteiger charge is 2.34. The number of thioether (sulfide) groups is 1. The van der Waals surface area contributed by atoms with Gasteiger partial charge in [0.2, 0.25) is 0 Å². The molecule has 2 aliphatic rings. The fraction of sp³-hybridized carbons (Fsp3) is 0.444. The number of nitro benzene ring substituents is 1. The molecule has 0 saturated carbocycles. The van der Waals surface area contributed by atoms with Gasteiger partial charge in [-0.2, -0.15) is 0 Å². The molecule has 1 atom stereocenters. The highest BCUT2D eigenvalue weighted by molar-refractivity contribution is 7.98. The fourth-order valence-electron chi connectivity index (χ4n) is 3.43. The first kappa shape index (κ1) is 18.0. The summed E-state index contributed by atoms with van der Waals surface area (Å²) in [5.74, 6) is 1.61. The van der Waals surface area contributed by atoms with Gasteiger partial charge in [-0.1, -0.05) is 23.9 Å². The molecule has 0 N–H and O–H groups in total. The van der Waals surface area contributed by atoms with Gasteiger partial charge in [0, 0.05) is 31.5 Å². The second-order valence-electron chi connectivity index (χ2n) is 6.69. The van der Waals surface area contributed by atoms with Crippen molar-refractivity contribution in [2.24, 2.45) is 0 Å². The van der Waals surface area contributed by atoms with Gasteiger partial charge in [-0.3, -0.25) is 10.1 Å². The minimum absolute atomic E-state index is 0.0740. The van der Waals surface area contributed by atoms with Crippen LogP contribution in [0.4, 0.5) is 17.2 Å². The van der Waals surface area contributed by atoms with Crippen molar-refractivity contribution in [3.8, 4) is 0 Å². The zero-order valence-corrected chi connectivity index (χ0v) is 15.9. The lowest BCUT2D eigenvalue weighted by Gasteiger charge is -2.31. The lowest BCUT2D eigenvalue weighted by Crippen LogP contribution is -2.41. The summed E-state index contributed by atoms with van der Waals surface area (Å²) < 4.78 is 5.94. The number of hydrogen-bond donors (Lipinski definition) is 0. The van der Waals surface area contributed by atoms with Gasteiger partial charge in [0.05, 0.1) is 11.6 Å². The van der Waals surface area contributed by atoms with Gasteiger partial charge < -0.3 is 14.5 Å². The third-order valence-electron chi connectivity index (χ3n) is 4.81. The maximum atomic E-state index is 10.8. The first-order valence-electron chi connectivity index (χ1n) is 8.94. The summed E-state index contributed by atoms with van der Waals surface area (Å²) in [5.41, 5.74) is 2.15. The highest BCUT2D eigenvalue weighted by atomic mass is 32.2. The number of hydrogen-bond acceptors (Lipinski definition) is 8. The molecule has 1 aromatic carbocycles. The molecule has 0 amide bonds. The molecule has 1 aromatic heterocycles. The van der Waals surface area contributed by atoms with E-state index < -0.39 is 0 Å². The van der Waals surface area contributed by atoms with Crippen molar-refractivity contribution < 1.29 is 9.66 Å². The summed E-state index contributed by atoms with van der Waals surface area (Å²) in [4.78, 5) is 23.8. The Morgan fingerprint density at radius 3 is 2.81 bits per heavy atom. The molecule has 142 valence electrons. The topological polar surface area (TPSA) is 84.6 Å². The number of non-ortho nitro benzene ring substituents is 1. The van der Waals surface area contributed by atoms with Crippen LogP contribution in [0.15, 0.2) is 35.6 Å². The normalized spacial score (nSPS) is 19.2. The maximum absolute atomic E-state index is 10.8. The van der Waals surface area contributed by atoms with Crippen LogP contribution in [0.5, 0.6) is 0 Å². The Morgan fingerprint density at radius 1 is 1.30 bits per heavy atom. The fourth-order valence-corrected chi connectivity index (χ4v) is 4.43. The van der Waals surface area contributed by atoms with Gasteiger partial charge in [-0.15, -0.1) is 0 Å². The second-order valence-corrected chi connectivity index (χ2v) is 7.66. The van der Waals surface area contributed by atoms with Crippen LogP contribution in [0.1, 0.15) is 24.8 Å². The summed E-state index contributed by atoms with van der Waals surface area (Å²) >= 11 is 1.62. The van der Waals surface area contributed by atoms with E-state index in [1.54, 1.807) is 30.2 Å². The van der Waals surface area contributed by atoms with Crippen LogP contribution in [0, 0.1) is 10.1 Å². The summed E-state index contributed by atoms with van der Waals surface area (Å²) in [6.45, 7) is 1.54. The Kier molecular flexibility index (Phi) is 5.13. The molecule has 2 aliphatic heterocycles. The number of fused-ring (bicyclic) bond motifs is 1. The summed E-state index contributed by atoms with van der Waals surface area (Å²) in [5, 5.41) is 11.7. The lowest BCUT2D eigenvalue weighted by molar-refractivity contribution is -0.384. The first-order valence-corrected chi connectivity index (χ1v) is 9.92. The van der Waals surface area contributed by atoms with Gasteiger partial charge >= 0.3 is 0 Å². The molecule has 1 saturated heterocycles. The van der Waals surface area contributed by atoms with E-state index in [4.69, 9.17) is 4.74 Å². The van der Waals surface area contributed by atoms with Crippen molar-refractivity contribution in [1.29, 1.82) is 0 Å². The molecule has 3 heterocycles. The van der Waals surface area contributed by atoms with Crippen LogP contribution >= 0.6 is 11.8 Å². The van der Waals surface area contributed by atoms with Gasteiger partial charge in [0.25, 0.3) is 5.69 Å². The summed E-state index contributed by atoms with van der Waals surface area (Å²) in [7, 11) is 2.04. The number of aromatic nitrogens is 2. The Bertz CT molecular complexity index is 826. The molecule has 0 aliphatic carbocycles. The van der Waals surface area contributed by atoms with Crippen molar-refractivity contribution >= 4 is 29.0 Å². The standard InChI is InChI=1S/C18H21N5O3S/c1-21-12-22(15-4-2-3-9-26-15)17-16(21)18(20-11-19-17)27-10-13-5-7-14(8-6-13)23(24)25/h5-8,11,15H,2-4,9-10,12H2,1H3. The zero-order valence-electron chi connectivity index (χ0n) is 15.1. The van der Waals surface area contributed by atoms with E-state index in [9.17, 15) is 10.1 Å². The molecule has 0 radical (unpaired) electrons. The SMILES string of the molecule is CN1CN(C2CCCCO2)c2ncnc(SCc3ccc([N+](=O)[O-])cc3)c21. The molecular formula is C18H21N5O3S. The molecule has 27 heavy (non-hydrogen) atoms. The number of nitrogens with zero attached hydrogens (tertiary/aromatic N) is 5. The van der Waals surface area contributed by atoms with E-state index in [2.05, 4.69) is 19.8 Å². The number of benzene rings is 1. The van der Waals surface area contributed by atoms with E-state index >= 15 is 0 Å². The van der Waals surface area contributed by atoms with Crippen LogP contribution in [0.2, 0.25) is 0 Å². The van der Waals surface area contributed by atoms with E-state index in [1.807, 2.05) is 7.05 Å². The van der Waals surface area contributed by atoms with E-state index in [-0.39, 0.29) is 16.8 Å². The Hall–Kier alpha value is -2.39. The first-order chi connectivity index (χ1) is 13.1. The average molecular weight is 387 g/mol. The monoisotopic (exact) mass is 387 g/mol. The third kappa shape index (κ3) is 3.70. The largest absolute Gasteiger partial charge is 0.358 e. The maximum Gasteiger partial charge on any atom is 0.269 e. The molecule has 0 spiro atoms. The predicted octanol–water partition coefficient (Wildman–Crippen LogP) is 3.42. The van der Waals surface area contributed by atoms with Gasteiger partial charge in [-0.25, -0.2) is 9.97 Å². The molecule has 4 rings (SSSR count). The minimum atomic E-state index is -0.384. The van der Waals surface area contributed by atoms with Crippen LogP contribution in [-0.2, 0) is 10.5 Å². The Morgan fingerprint density at radius 2 is 2.11 bits per heavy atom. The predicted molar refractivity (Wildman–Crippen MR) is 104 cm³/mol. The molecule has 1 fully saturated rings. The molecule has 8 nitrogen and oxygen atoms in total. The molecule has 9 heteroatoms. The third-order valence-corrected chi connectivity index (χ3v) is 5.86. The van der Waals surface area contributed by atoms with Gasteiger partial charge in [-0.05, 0) is 24.8 Å². The average Bonchev–Trinajstić information content (AvgIpc) is 3.05. The van der Waals surface area contributed by atoms with E-state index in [0.29, 0.717) is 5.75 Å². The lowest BCUT2D eigenvalue weighted by atomic mass is 10.2. The van der Waals surface area contributed by atoms with Crippen LogP contribution in [0.3, 0.4) is 0 Å². The number of ether oxygens (including phenoxy) is 1. The number of rotatable bonds is 5. The molecular weight excluding hydrogens is 366 g/mol. The van der Waals surface area contributed by atoms with E-state index in [1.165, 1.54) is 18.6 Å².